The van der Waals surface area contributed by atoms with Gasteiger partial charge in [-0.25, -0.2) is 0 Å². The lowest BCUT2D eigenvalue weighted by atomic mass is 9.93. The van der Waals surface area contributed by atoms with Gasteiger partial charge in [0.1, 0.15) is 5.75 Å². The second kappa shape index (κ2) is 7.54. The van der Waals surface area contributed by atoms with Gasteiger partial charge in [0.25, 0.3) is 0 Å². The molecule has 132 valence electrons. The number of pyridine rings is 1. The predicted octanol–water partition coefficient (Wildman–Crippen LogP) is 3.20. The van der Waals surface area contributed by atoms with E-state index in [0.717, 1.165) is 32.0 Å². The fraction of sp³-hybridized carbons (Fsp3) is 0.476. The van der Waals surface area contributed by atoms with Gasteiger partial charge in [-0.15, -0.1) is 0 Å². The van der Waals surface area contributed by atoms with Gasteiger partial charge in [-0.3, -0.25) is 9.88 Å². The summed E-state index contributed by atoms with van der Waals surface area (Å²) in [6.45, 7) is 6.46. The summed E-state index contributed by atoms with van der Waals surface area (Å²) >= 11 is 0. The first-order valence-corrected chi connectivity index (χ1v) is 9.38. The molecule has 2 aliphatic heterocycles. The second-order valence-corrected chi connectivity index (χ2v) is 7.32. The minimum Gasteiger partial charge on any atom is -0.493 e. The third kappa shape index (κ3) is 3.86. The molecule has 2 aromatic rings. The summed E-state index contributed by atoms with van der Waals surface area (Å²) in [5.41, 5.74) is 2.71. The summed E-state index contributed by atoms with van der Waals surface area (Å²) in [6, 6.07) is 13.7. The molecule has 0 unspecified atom stereocenters. The second-order valence-electron chi connectivity index (χ2n) is 7.32. The molecule has 2 atom stereocenters. The highest BCUT2D eigenvalue weighted by Crippen LogP contribution is 2.35. The average molecular weight is 337 g/mol. The number of benzene rings is 1. The Kier molecular flexibility index (Phi) is 4.99. The number of nitrogens with zero attached hydrogens (tertiary/aromatic N) is 2. The quantitative estimate of drug-likeness (QED) is 0.909. The van der Waals surface area contributed by atoms with Gasteiger partial charge in [0.05, 0.1) is 6.61 Å². The monoisotopic (exact) mass is 337 g/mol. The Hall–Kier alpha value is -1.91. The van der Waals surface area contributed by atoms with Crippen LogP contribution < -0.4 is 10.1 Å². The van der Waals surface area contributed by atoms with Crippen LogP contribution in [-0.2, 0) is 6.54 Å². The maximum absolute atomic E-state index is 5.85. The molecule has 25 heavy (non-hydrogen) atoms. The Labute approximate surface area is 150 Å². The first-order valence-electron chi connectivity index (χ1n) is 9.38. The molecule has 0 aliphatic carbocycles. The maximum Gasteiger partial charge on any atom is 0.122 e. The van der Waals surface area contributed by atoms with Gasteiger partial charge in [0.2, 0.25) is 0 Å². The van der Waals surface area contributed by atoms with Crippen molar-refractivity contribution in [3.63, 3.8) is 0 Å². The van der Waals surface area contributed by atoms with Gasteiger partial charge < -0.3 is 10.1 Å². The number of para-hydroxylation sites is 1. The Morgan fingerprint density at radius 3 is 2.72 bits per heavy atom. The molecule has 4 rings (SSSR count). The van der Waals surface area contributed by atoms with Crippen molar-refractivity contribution in [1.82, 2.24) is 15.2 Å². The SMILES string of the molecule is C[C@H](NC1CCN(Cc2ccncc2)CC1)[C@H]1COc2ccccc21. The number of likely N-dealkylation sites (tertiary alicyclic amines) is 1. The molecule has 0 saturated carbocycles. The van der Waals surface area contributed by atoms with E-state index in [4.69, 9.17) is 4.74 Å². The Morgan fingerprint density at radius 2 is 1.92 bits per heavy atom. The molecule has 1 N–H and O–H groups in total. The highest BCUT2D eigenvalue weighted by molar-refractivity contribution is 5.40. The molecule has 1 aromatic heterocycles. The van der Waals surface area contributed by atoms with E-state index in [0.29, 0.717) is 18.0 Å². The molecule has 1 aromatic carbocycles. The number of hydrogen-bond donors (Lipinski definition) is 1. The number of piperidine rings is 1. The van der Waals surface area contributed by atoms with Crippen molar-refractivity contribution >= 4 is 0 Å². The minimum absolute atomic E-state index is 0.445. The van der Waals surface area contributed by atoms with Crippen LogP contribution in [0.4, 0.5) is 0 Å². The largest absolute Gasteiger partial charge is 0.493 e. The Bertz CT molecular complexity index is 683. The van der Waals surface area contributed by atoms with Crippen LogP contribution in [0.2, 0.25) is 0 Å². The molecule has 4 nitrogen and oxygen atoms in total. The molecule has 1 fully saturated rings. The van der Waals surface area contributed by atoms with Crippen molar-refractivity contribution in [2.75, 3.05) is 19.7 Å². The first kappa shape index (κ1) is 16.6. The highest BCUT2D eigenvalue weighted by atomic mass is 16.5. The van der Waals surface area contributed by atoms with Crippen molar-refractivity contribution in [3.05, 3.63) is 59.9 Å². The topological polar surface area (TPSA) is 37.4 Å². The van der Waals surface area contributed by atoms with Crippen LogP contribution in [0.1, 0.15) is 36.8 Å². The van der Waals surface area contributed by atoms with Crippen molar-refractivity contribution in [1.29, 1.82) is 0 Å². The lowest BCUT2D eigenvalue weighted by Crippen LogP contribution is -2.47. The van der Waals surface area contributed by atoms with E-state index in [1.807, 2.05) is 12.4 Å². The van der Waals surface area contributed by atoms with Gasteiger partial charge in [-0.2, -0.15) is 0 Å². The smallest absolute Gasteiger partial charge is 0.122 e. The normalized spacial score (nSPS) is 22.4. The first-order chi connectivity index (χ1) is 12.3. The number of ether oxygens (including phenoxy) is 1. The van der Waals surface area contributed by atoms with Crippen molar-refractivity contribution in [2.45, 2.75) is 44.3 Å². The maximum atomic E-state index is 5.85. The molecule has 3 heterocycles. The highest BCUT2D eigenvalue weighted by Gasteiger charge is 2.30. The van der Waals surface area contributed by atoms with E-state index in [9.17, 15) is 0 Å². The van der Waals surface area contributed by atoms with Crippen LogP contribution in [0.3, 0.4) is 0 Å². The minimum atomic E-state index is 0.445. The van der Waals surface area contributed by atoms with E-state index < -0.39 is 0 Å². The fourth-order valence-corrected chi connectivity index (χ4v) is 4.09. The standard InChI is InChI=1S/C21H27N3O/c1-16(20-15-25-21-5-3-2-4-19(20)21)23-18-8-12-24(13-9-18)14-17-6-10-22-11-7-17/h2-7,10-11,16,18,20,23H,8-9,12-15H2,1H3/t16-,20+/m0/s1. The van der Waals surface area contributed by atoms with Crippen LogP contribution >= 0.6 is 0 Å². The van der Waals surface area contributed by atoms with E-state index >= 15 is 0 Å². The lowest BCUT2D eigenvalue weighted by Gasteiger charge is -2.35. The molecular weight excluding hydrogens is 310 g/mol. The molecule has 0 radical (unpaired) electrons. The zero-order chi connectivity index (χ0) is 17.1. The number of fused-ring (bicyclic) bond motifs is 1. The molecule has 0 amide bonds. The van der Waals surface area contributed by atoms with Crippen LogP contribution in [0.5, 0.6) is 5.75 Å². The van der Waals surface area contributed by atoms with Gasteiger partial charge in [-0.1, -0.05) is 18.2 Å². The van der Waals surface area contributed by atoms with Crippen LogP contribution in [0, 0.1) is 0 Å². The molecule has 4 heteroatoms. The van der Waals surface area contributed by atoms with Crippen molar-refractivity contribution < 1.29 is 4.74 Å². The van der Waals surface area contributed by atoms with E-state index in [-0.39, 0.29) is 0 Å². The average Bonchev–Trinajstić information content (AvgIpc) is 3.08. The summed E-state index contributed by atoms with van der Waals surface area (Å²) in [4.78, 5) is 6.65. The zero-order valence-electron chi connectivity index (χ0n) is 14.9. The third-order valence-electron chi connectivity index (χ3n) is 5.58. The van der Waals surface area contributed by atoms with Crippen molar-refractivity contribution in [3.8, 4) is 5.75 Å². The summed E-state index contributed by atoms with van der Waals surface area (Å²) in [5.74, 6) is 1.53. The summed E-state index contributed by atoms with van der Waals surface area (Å²) in [7, 11) is 0. The molecule has 0 spiro atoms. The van der Waals surface area contributed by atoms with Crippen LogP contribution in [0.15, 0.2) is 48.8 Å². The fourth-order valence-electron chi connectivity index (χ4n) is 4.09. The summed E-state index contributed by atoms with van der Waals surface area (Å²) in [5, 5.41) is 3.87. The van der Waals surface area contributed by atoms with Crippen molar-refractivity contribution in [2.24, 2.45) is 0 Å². The van der Waals surface area contributed by atoms with Gasteiger partial charge in [0.15, 0.2) is 0 Å². The summed E-state index contributed by atoms with van der Waals surface area (Å²) < 4.78 is 5.85. The van der Waals surface area contributed by atoms with Crippen LogP contribution in [-0.4, -0.2) is 41.7 Å². The van der Waals surface area contributed by atoms with E-state index in [2.05, 4.69) is 58.5 Å². The van der Waals surface area contributed by atoms with Crippen LogP contribution in [0.25, 0.3) is 0 Å². The molecule has 2 aliphatic rings. The molecule has 1 saturated heterocycles. The molecular formula is C21H27N3O. The molecule has 0 bridgehead atoms. The number of hydrogen-bond acceptors (Lipinski definition) is 4. The number of rotatable bonds is 5. The predicted molar refractivity (Wildman–Crippen MR) is 99.8 cm³/mol. The van der Waals surface area contributed by atoms with Gasteiger partial charge >= 0.3 is 0 Å². The Balaban J connectivity index is 1.27. The summed E-state index contributed by atoms with van der Waals surface area (Å²) in [6.07, 6.45) is 6.19. The number of aromatic nitrogens is 1. The lowest BCUT2D eigenvalue weighted by molar-refractivity contribution is 0.179. The third-order valence-corrected chi connectivity index (χ3v) is 5.58. The zero-order valence-corrected chi connectivity index (χ0v) is 14.9. The van der Waals surface area contributed by atoms with Gasteiger partial charge in [0, 0.05) is 42.5 Å². The van der Waals surface area contributed by atoms with E-state index in [1.165, 1.54) is 24.0 Å². The number of nitrogens with one attached hydrogen (secondary N) is 1. The van der Waals surface area contributed by atoms with E-state index in [1.54, 1.807) is 0 Å². The Morgan fingerprint density at radius 1 is 1.16 bits per heavy atom. The van der Waals surface area contributed by atoms with Gasteiger partial charge in [-0.05, 0) is 56.6 Å².